The maximum Gasteiger partial charge on any atom is 0.199 e. The molecule has 0 bridgehead atoms. The van der Waals surface area contributed by atoms with Crippen LogP contribution in [0.5, 0.6) is 0 Å². The van der Waals surface area contributed by atoms with E-state index >= 15 is 0 Å². The van der Waals surface area contributed by atoms with Gasteiger partial charge >= 0.3 is 0 Å². The molecular weight excluding hydrogens is 322 g/mol. The summed E-state index contributed by atoms with van der Waals surface area (Å²) in [6.45, 7) is 0. The normalized spacial score (nSPS) is 15.9. The minimum absolute atomic E-state index is 1.22. The Morgan fingerprint density at radius 2 is 1.44 bits per heavy atom. The summed E-state index contributed by atoms with van der Waals surface area (Å²) in [5.74, 6) is 0. The third kappa shape index (κ3) is 3.18. The SMILES string of the molecule is C[N+](C)=C1C=CC(=C2C=C(c3ccccc3)c3ccccc3S2)C=C1. The number of benzene rings is 2. The molecule has 1 aliphatic heterocycles. The van der Waals surface area contributed by atoms with Crippen LogP contribution in [-0.4, -0.2) is 24.4 Å². The first-order chi connectivity index (χ1) is 12.2. The number of thioether (sulfide) groups is 1. The molecule has 2 aromatic rings. The molecule has 0 fully saturated rings. The van der Waals surface area contributed by atoms with Crippen LogP contribution in [0.25, 0.3) is 5.57 Å². The summed E-state index contributed by atoms with van der Waals surface area (Å²) >= 11 is 1.85. The highest BCUT2D eigenvalue weighted by molar-refractivity contribution is 8.03. The van der Waals surface area contributed by atoms with Crippen LogP contribution in [-0.2, 0) is 0 Å². The molecule has 1 aliphatic carbocycles. The van der Waals surface area contributed by atoms with E-state index in [1.54, 1.807) is 0 Å². The number of allylic oxidation sites excluding steroid dienone is 6. The maximum absolute atomic E-state index is 2.33. The van der Waals surface area contributed by atoms with Gasteiger partial charge in [0.1, 0.15) is 14.1 Å². The molecule has 25 heavy (non-hydrogen) atoms. The van der Waals surface area contributed by atoms with Gasteiger partial charge in [0.2, 0.25) is 0 Å². The van der Waals surface area contributed by atoms with E-state index in [0.29, 0.717) is 0 Å². The molecule has 0 saturated heterocycles. The topological polar surface area (TPSA) is 3.01 Å². The number of fused-ring (bicyclic) bond motifs is 1. The first-order valence-electron chi connectivity index (χ1n) is 8.41. The summed E-state index contributed by atoms with van der Waals surface area (Å²) in [5.41, 5.74) is 6.35. The summed E-state index contributed by atoms with van der Waals surface area (Å²) < 4.78 is 2.13. The zero-order valence-corrected chi connectivity index (χ0v) is 15.3. The van der Waals surface area contributed by atoms with E-state index in [1.165, 1.54) is 37.8 Å². The highest BCUT2D eigenvalue weighted by Crippen LogP contribution is 2.44. The summed E-state index contributed by atoms with van der Waals surface area (Å²) in [7, 11) is 4.14. The fourth-order valence-corrected chi connectivity index (χ4v) is 4.16. The number of rotatable bonds is 1. The van der Waals surface area contributed by atoms with E-state index in [0.717, 1.165) is 0 Å². The highest BCUT2D eigenvalue weighted by atomic mass is 32.2. The van der Waals surface area contributed by atoms with E-state index in [2.05, 4.69) is 104 Å². The predicted octanol–water partition coefficient (Wildman–Crippen LogP) is 5.32. The molecular formula is C23H20NS+. The molecule has 2 heteroatoms. The third-order valence-electron chi connectivity index (χ3n) is 4.43. The van der Waals surface area contributed by atoms with Crippen molar-refractivity contribution in [3.8, 4) is 0 Å². The fourth-order valence-electron chi connectivity index (χ4n) is 3.06. The molecule has 0 radical (unpaired) electrons. The van der Waals surface area contributed by atoms with Gasteiger partial charge in [0.25, 0.3) is 0 Å². The first-order valence-corrected chi connectivity index (χ1v) is 9.23. The average molecular weight is 342 g/mol. The molecule has 2 aliphatic rings. The zero-order valence-electron chi connectivity index (χ0n) is 14.4. The lowest BCUT2D eigenvalue weighted by atomic mass is 9.96. The zero-order chi connectivity index (χ0) is 17.2. The standard InChI is InChI=1S/C23H20NS/c1-24(2)19-14-12-18(13-15-19)23-16-21(17-8-4-3-5-9-17)20-10-6-7-11-22(20)25-23/h3-16H,1-2H3/q+1. The average Bonchev–Trinajstić information content (AvgIpc) is 2.68. The molecule has 4 rings (SSSR count). The lowest BCUT2D eigenvalue weighted by Gasteiger charge is -2.21. The molecule has 0 amide bonds. The lowest BCUT2D eigenvalue weighted by molar-refractivity contribution is -0.462. The number of hydrogen-bond donors (Lipinski definition) is 0. The van der Waals surface area contributed by atoms with Gasteiger partial charge in [-0.2, -0.15) is 0 Å². The van der Waals surface area contributed by atoms with E-state index in [1.807, 2.05) is 11.8 Å². The molecule has 0 aromatic heterocycles. The first kappa shape index (κ1) is 15.9. The van der Waals surface area contributed by atoms with Crippen LogP contribution in [0.1, 0.15) is 11.1 Å². The van der Waals surface area contributed by atoms with Gasteiger partial charge in [-0.15, -0.1) is 0 Å². The Hall–Kier alpha value is -2.58. The molecule has 0 unspecified atom stereocenters. The van der Waals surface area contributed by atoms with Crippen molar-refractivity contribution >= 4 is 23.0 Å². The lowest BCUT2D eigenvalue weighted by Crippen LogP contribution is -2.10. The van der Waals surface area contributed by atoms with Crippen LogP contribution in [0, 0.1) is 0 Å². The Kier molecular flexibility index (Phi) is 4.29. The van der Waals surface area contributed by atoms with Crippen LogP contribution in [0.4, 0.5) is 0 Å². The van der Waals surface area contributed by atoms with Crippen molar-refractivity contribution in [2.75, 3.05) is 14.1 Å². The maximum atomic E-state index is 2.33. The van der Waals surface area contributed by atoms with Gasteiger partial charge in [-0.05, 0) is 46.6 Å². The predicted molar refractivity (Wildman–Crippen MR) is 108 cm³/mol. The third-order valence-corrected chi connectivity index (χ3v) is 5.57. The summed E-state index contributed by atoms with van der Waals surface area (Å²) in [5, 5.41) is 0. The Morgan fingerprint density at radius 1 is 0.760 bits per heavy atom. The molecule has 122 valence electrons. The minimum atomic E-state index is 1.22. The summed E-state index contributed by atoms with van der Waals surface area (Å²) in [6.07, 6.45) is 11.1. The van der Waals surface area contributed by atoms with Crippen LogP contribution in [0.3, 0.4) is 0 Å². The van der Waals surface area contributed by atoms with Crippen molar-refractivity contribution in [2.24, 2.45) is 0 Å². The highest BCUT2D eigenvalue weighted by Gasteiger charge is 2.19. The van der Waals surface area contributed by atoms with E-state index < -0.39 is 0 Å². The molecule has 0 saturated carbocycles. The molecule has 0 spiro atoms. The van der Waals surface area contributed by atoms with Gasteiger partial charge in [-0.25, -0.2) is 4.58 Å². The Labute approximate surface area is 153 Å². The van der Waals surface area contributed by atoms with Crippen molar-refractivity contribution in [1.29, 1.82) is 0 Å². The summed E-state index contributed by atoms with van der Waals surface area (Å²) in [4.78, 5) is 2.61. The van der Waals surface area contributed by atoms with Crippen molar-refractivity contribution in [3.63, 3.8) is 0 Å². The van der Waals surface area contributed by atoms with Gasteiger partial charge in [0, 0.05) is 22.0 Å². The van der Waals surface area contributed by atoms with Crippen LogP contribution >= 0.6 is 11.8 Å². The van der Waals surface area contributed by atoms with Crippen molar-refractivity contribution in [3.05, 3.63) is 107 Å². The smallest absolute Gasteiger partial charge is 0.199 e. The van der Waals surface area contributed by atoms with Crippen molar-refractivity contribution < 1.29 is 4.58 Å². The quantitative estimate of drug-likeness (QED) is 0.634. The Bertz CT molecular complexity index is 950. The number of hydrogen-bond acceptors (Lipinski definition) is 1. The molecule has 0 atom stereocenters. The van der Waals surface area contributed by atoms with Crippen LogP contribution < -0.4 is 0 Å². The minimum Gasteiger partial charge on any atom is -0.235 e. The Morgan fingerprint density at radius 3 is 2.16 bits per heavy atom. The van der Waals surface area contributed by atoms with Gasteiger partial charge in [-0.3, -0.25) is 0 Å². The van der Waals surface area contributed by atoms with Crippen molar-refractivity contribution in [2.45, 2.75) is 4.90 Å². The van der Waals surface area contributed by atoms with E-state index in [4.69, 9.17) is 0 Å². The fraction of sp³-hybridized carbons (Fsp3) is 0.0870. The molecule has 2 aromatic carbocycles. The van der Waals surface area contributed by atoms with E-state index in [9.17, 15) is 0 Å². The second-order valence-electron chi connectivity index (χ2n) is 6.33. The van der Waals surface area contributed by atoms with Gasteiger partial charge < -0.3 is 0 Å². The van der Waals surface area contributed by atoms with Crippen LogP contribution in [0.15, 0.2) is 100 Å². The monoisotopic (exact) mass is 342 g/mol. The largest absolute Gasteiger partial charge is 0.235 e. The van der Waals surface area contributed by atoms with Crippen molar-refractivity contribution in [1.82, 2.24) is 0 Å². The van der Waals surface area contributed by atoms with Gasteiger partial charge in [0.05, 0.1) is 0 Å². The second kappa shape index (κ2) is 6.73. The Balaban J connectivity index is 1.85. The van der Waals surface area contributed by atoms with E-state index in [-0.39, 0.29) is 0 Å². The van der Waals surface area contributed by atoms with Crippen LogP contribution in [0.2, 0.25) is 0 Å². The molecule has 0 N–H and O–H groups in total. The van der Waals surface area contributed by atoms with Gasteiger partial charge in [0.15, 0.2) is 5.71 Å². The van der Waals surface area contributed by atoms with Gasteiger partial charge in [-0.1, -0.05) is 60.3 Å². The second-order valence-corrected chi connectivity index (χ2v) is 7.41. The number of nitrogens with zero attached hydrogens (tertiary/aromatic N) is 1. The molecule has 1 nitrogen and oxygen atoms in total. The summed E-state index contributed by atoms with van der Waals surface area (Å²) in [6, 6.07) is 19.3. The molecule has 1 heterocycles.